The van der Waals surface area contributed by atoms with Gasteiger partial charge in [-0.2, -0.15) is 13.2 Å². The molecule has 41 heavy (non-hydrogen) atoms. The fourth-order valence-electron chi connectivity index (χ4n) is 5.60. The molecule has 0 amide bonds. The summed E-state index contributed by atoms with van der Waals surface area (Å²) in [4.78, 5) is 28.7. The number of nitrogens with zero attached hydrogens (tertiary/aromatic N) is 1. The average molecular weight is 575 g/mol. The molecule has 220 valence electrons. The zero-order valence-corrected chi connectivity index (χ0v) is 23.8. The lowest BCUT2D eigenvalue weighted by Crippen LogP contribution is -2.44. The third-order valence-corrected chi connectivity index (χ3v) is 7.23. The molecule has 2 aliphatic rings. The number of hydrogen-bond donors (Lipinski definition) is 1. The summed E-state index contributed by atoms with van der Waals surface area (Å²) in [5.41, 5.74) is 5.51. The van der Waals surface area contributed by atoms with E-state index in [4.69, 9.17) is 24.7 Å². The van der Waals surface area contributed by atoms with E-state index >= 15 is 0 Å². The number of para-hydroxylation sites is 1. The largest absolute Gasteiger partial charge is 0.493 e. The molecule has 0 saturated heterocycles. The van der Waals surface area contributed by atoms with Crippen molar-refractivity contribution in [2.24, 2.45) is 11.1 Å². The van der Waals surface area contributed by atoms with Crippen LogP contribution in [0.4, 0.5) is 18.9 Å². The van der Waals surface area contributed by atoms with Crippen LogP contribution in [0.25, 0.3) is 0 Å². The summed E-state index contributed by atoms with van der Waals surface area (Å²) in [7, 11) is 4.28. The fourth-order valence-corrected chi connectivity index (χ4v) is 5.60. The van der Waals surface area contributed by atoms with E-state index in [-0.39, 0.29) is 70.8 Å². The van der Waals surface area contributed by atoms with Crippen molar-refractivity contribution in [2.75, 3.05) is 32.8 Å². The van der Waals surface area contributed by atoms with E-state index in [0.29, 0.717) is 5.56 Å². The number of nitrogens with two attached hydrogens (primary N) is 1. The van der Waals surface area contributed by atoms with Gasteiger partial charge in [-0.25, -0.2) is 4.79 Å². The minimum Gasteiger partial charge on any atom is -0.493 e. The summed E-state index contributed by atoms with van der Waals surface area (Å²) in [6.45, 7) is 5.29. The molecular weight excluding hydrogens is 541 g/mol. The first-order chi connectivity index (χ1) is 19.3. The molecule has 1 aliphatic carbocycles. The number of carbonyl (C=O) groups excluding carboxylic acids is 2. The van der Waals surface area contributed by atoms with Gasteiger partial charge in [0, 0.05) is 17.7 Å². The number of hydrogen-bond acceptors (Lipinski definition) is 8. The van der Waals surface area contributed by atoms with Crippen molar-refractivity contribution in [1.29, 1.82) is 0 Å². The van der Waals surface area contributed by atoms with E-state index in [1.165, 1.54) is 44.4 Å². The number of ketones is 1. The van der Waals surface area contributed by atoms with Crippen molar-refractivity contribution in [3.05, 3.63) is 70.2 Å². The lowest BCUT2D eigenvalue weighted by molar-refractivity contribution is -0.139. The monoisotopic (exact) mass is 574 g/mol. The van der Waals surface area contributed by atoms with Gasteiger partial charge in [0.1, 0.15) is 5.82 Å². The Morgan fingerprint density at radius 3 is 2.20 bits per heavy atom. The molecule has 1 heterocycles. The zero-order valence-electron chi connectivity index (χ0n) is 23.8. The summed E-state index contributed by atoms with van der Waals surface area (Å²) >= 11 is 0. The Labute approximate surface area is 236 Å². The van der Waals surface area contributed by atoms with Gasteiger partial charge in [-0.15, -0.1) is 0 Å². The van der Waals surface area contributed by atoms with Crippen LogP contribution in [0.3, 0.4) is 0 Å². The van der Waals surface area contributed by atoms with Crippen molar-refractivity contribution in [3.63, 3.8) is 0 Å². The van der Waals surface area contributed by atoms with Crippen LogP contribution in [-0.2, 0) is 20.5 Å². The minimum atomic E-state index is -4.73. The molecule has 0 unspecified atom stereocenters. The van der Waals surface area contributed by atoms with Crippen molar-refractivity contribution in [3.8, 4) is 17.2 Å². The van der Waals surface area contributed by atoms with Crippen molar-refractivity contribution < 1.29 is 41.7 Å². The number of allylic oxidation sites excluding steroid dienone is 2. The number of anilines is 1. The van der Waals surface area contributed by atoms with Crippen LogP contribution in [0.2, 0.25) is 0 Å². The zero-order chi connectivity index (χ0) is 30.3. The highest BCUT2D eigenvalue weighted by atomic mass is 19.4. The molecule has 0 aromatic heterocycles. The van der Waals surface area contributed by atoms with Crippen LogP contribution in [0, 0.1) is 5.41 Å². The maximum absolute atomic E-state index is 14.2. The number of esters is 1. The Balaban J connectivity index is 2.12. The normalized spacial score (nSPS) is 18.7. The van der Waals surface area contributed by atoms with Gasteiger partial charge in [-0.1, -0.05) is 26.0 Å². The van der Waals surface area contributed by atoms with Crippen LogP contribution < -0.4 is 24.8 Å². The summed E-state index contributed by atoms with van der Waals surface area (Å²) < 4.78 is 64.5. The molecule has 1 atom stereocenters. The third kappa shape index (κ3) is 5.32. The predicted molar refractivity (Wildman–Crippen MR) is 146 cm³/mol. The number of methoxy groups -OCH3 is 3. The summed E-state index contributed by atoms with van der Waals surface area (Å²) in [5.74, 6) is -1.70. The Kier molecular flexibility index (Phi) is 8.02. The molecule has 0 spiro atoms. The van der Waals surface area contributed by atoms with Crippen LogP contribution in [-0.4, -0.2) is 39.7 Å². The summed E-state index contributed by atoms with van der Waals surface area (Å²) in [6.07, 6.45) is -4.40. The summed E-state index contributed by atoms with van der Waals surface area (Å²) in [5, 5.41) is 0. The Hall–Kier alpha value is -4.15. The minimum absolute atomic E-state index is 0.0242. The molecule has 2 aromatic carbocycles. The van der Waals surface area contributed by atoms with Crippen LogP contribution >= 0.6 is 0 Å². The van der Waals surface area contributed by atoms with Crippen LogP contribution in [0.1, 0.15) is 50.7 Å². The van der Waals surface area contributed by atoms with E-state index < -0.39 is 29.0 Å². The first-order valence-electron chi connectivity index (χ1n) is 13.0. The second kappa shape index (κ2) is 11.0. The number of rotatable bonds is 7. The van der Waals surface area contributed by atoms with Gasteiger partial charge in [0.15, 0.2) is 17.3 Å². The molecule has 0 radical (unpaired) electrons. The number of alkyl halides is 3. The maximum atomic E-state index is 14.2. The molecular formula is C30H33F3N2O6. The predicted octanol–water partition coefficient (Wildman–Crippen LogP) is 5.71. The Morgan fingerprint density at radius 2 is 1.66 bits per heavy atom. The third-order valence-electron chi connectivity index (χ3n) is 7.23. The average Bonchev–Trinajstić information content (AvgIpc) is 2.90. The second-order valence-electron chi connectivity index (χ2n) is 10.6. The Bertz CT molecular complexity index is 1420. The van der Waals surface area contributed by atoms with E-state index in [0.717, 1.165) is 6.07 Å². The fraction of sp³-hybridized carbons (Fsp3) is 0.400. The van der Waals surface area contributed by atoms with E-state index in [2.05, 4.69) is 0 Å². The highest BCUT2D eigenvalue weighted by Crippen LogP contribution is 2.53. The molecule has 11 heteroatoms. The molecule has 0 saturated carbocycles. The molecule has 1 aliphatic heterocycles. The van der Waals surface area contributed by atoms with Crippen molar-refractivity contribution >= 4 is 17.4 Å². The highest BCUT2D eigenvalue weighted by Gasteiger charge is 2.48. The van der Waals surface area contributed by atoms with Gasteiger partial charge in [0.25, 0.3) is 0 Å². The molecule has 2 aromatic rings. The van der Waals surface area contributed by atoms with Crippen molar-refractivity contribution in [1.82, 2.24) is 0 Å². The van der Waals surface area contributed by atoms with Crippen molar-refractivity contribution in [2.45, 2.75) is 45.7 Å². The number of halogens is 3. The van der Waals surface area contributed by atoms with Gasteiger partial charge in [0.2, 0.25) is 5.75 Å². The van der Waals surface area contributed by atoms with Gasteiger partial charge in [-0.05, 0) is 48.6 Å². The highest BCUT2D eigenvalue weighted by molar-refractivity contribution is 6.06. The van der Waals surface area contributed by atoms with Crippen LogP contribution in [0.5, 0.6) is 17.2 Å². The first kappa shape index (κ1) is 29.8. The SMILES string of the molecule is CCOC(=O)C1=C(N)N(c2ccccc2C(F)(F)F)C2=C(C(=O)CC(C)(C)C2)[C@H]1c1cc(OC)c(OC)c(OC)c1. The second-order valence-corrected chi connectivity index (χ2v) is 10.6. The van der Waals surface area contributed by atoms with Crippen LogP contribution in [0.15, 0.2) is 59.1 Å². The Morgan fingerprint density at radius 1 is 1.05 bits per heavy atom. The van der Waals surface area contributed by atoms with Gasteiger partial charge < -0.3 is 24.7 Å². The molecule has 0 bridgehead atoms. The lowest BCUT2D eigenvalue weighted by atomic mass is 9.68. The lowest BCUT2D eigenvalue weighted by Gasteiger charge is -2.44. The van der Waals surface area contributed by atoms with E-state index in [1.807, 2.05) is 13.8 Å². The molecule has 4 rings (SSSR count). The number of ether oxygens (including phenoxy) is 4. The maximum Gasteiger partial charge on any atom is 0.418 e. The first-order valence-corrected chi connectivity index (χ1v) is 13.0. The molecule has 0 fully saturated rings. The smallest absolute Gasteiger partial charge is 0.418 e. The van der Waals surface area contributed by atoms with E-state index in [9.17, 15) is 22.8 Å². The van der Waals surface area contributed by atoms with Gasteiger partial charge in [0.05, 0.1) is 50.7 Å². The quantitative estimate of drug-likeness (QED) is 0.420. The topological polar surface area (TPSA) is 100 Å². The van der Waals surface area contributed by atoms with Gasteiger partial charge in [-0.3, -0.25) is 9.69 Å². The van der Waals surface area contributed by atoms with Gasteiger partial charge >= 0.3 is 12.1 Å². The standard InChI is InChI=1S/C30H33F3N2O6/c1-7-41-28(37)25-23(16-12-21(38-4)26(40-6)22(13-16)39-5)24-19(14-29(2,3)15-20(24)36)35(27(25)34)18-11-9-8-10-17(18)30(31,32)33/h8-13,23H,7,14-15,34H2,1-6H3/t23-/m1/s1. The number of carbonyl (C=O) groups is 2. The summed E-state index contributed by atoms with van der Waals surface area (Å²) in [6, 6.07) is 8.11. The van der Waals surface area contributed by atoms with E-state index in [1.54, 1.807) is 19.1 Å². The number of Topliss-reactive ketones (excluding diaryl/α,β-unsaturated/α-hetero) is 1. The molecule has 8 nitrogen and oxygen atoms in total. The number of benzene rings is 2. The molecule has 2 N–H and O–H groups in total.